The lowest BCUT2D eigenvalue weighted by atomic mass is 10.2. The molecule has 15 heavy (non-hydrogen) atoms. The summed E-state index contributed by atoms with van der Waals surface area (Å²) in [5.74, 6) is 0.571. The fourth-order valence-electron chi connectivity index (χ4n) is 1.49. The van der Waals surface area contributed by atoms with Gasteiger partial charge in [-0.25, -0.2) is 4.98 Å². The van der Waals surface area contributed by atoms with Gasteiger partial charge in [-0.2, -0.15) is 13.2 Å². The minimum Gasteiger partial charge on any atom is -0.341 e. The number of aryl methyl sites for hydroxylation is 1. The van der Waals surface area contributed by atoms with Gasteiger partial charge in [0.15, 0.2) is 0 Å². The van der Waals surface area contributed by atoms with Gasteiger partial charge >= 0.3 is 6.18 Å². The van der Waals surface area contributed by atoms with Crippen molar-refractivity contribution in [2.45, 2.75) is 19.5 Å². The van der Waals surface area contributed by atoms with Gasteiger partial charge in [-0.1, -0.05) is 13.0 Å². The molecule has 1 aromatic carbocycles. The largest absolute Gasteiger partial charge is 0.418 e. The number of halogens is 3. The first-order valence-corrected chi connectivity index (χ1v) is 4.57. The summed E-state index contributed by atoms with van der Waals surface area (Å²) in [5, 5.41) is 0. The van der Waals surface area contributed by atoms with Gasteiger partial charge in [0.25, 0.3) is 0 Å². The van der Waals surface area contributed by atoms with Crippen LogP contribution in [0.15, 0.2) is 18.2 Å². The molecule has 0 radical (unpaired) electrons. The number of nitrogens with one attached hydrogen (secondary N) is 1. The number of alkyl halides is 3. The van der Waals surface area contributed by atoms with E-state index in [1.165, 1.54) is 6.07 Å². The third-order valence-corrected chi connectivity index (χ3v) is 2.21. The van der Waals surface area contributed by atoms with Gasteiger partial charge in [0.05, 0.1) is 16.6 Å². The molecule has 0 fully saturated rings. The predicted octanol–water partition coefficient (Wildman–Crippen LogP) is 3.14. The van der Waals surface area contributed by atoms with E-state index in [2.05, 4.69) is 9.97 Å². The van der Waals surface area contributed by atoms with E-state index in [0.717, 1.165) is 6.07 Å². The second-order valence-electron chi connectivity index (χ2n) is 3.23. The maximum absolute atomic E-state index is 12.6. The SMILES string of the molecule is CCc1nc2cccc(C(F)(F)F)c2[nH]1. The molecule has 0 amide bonds. The van der Waals surface area contributed by atoms with Gasteiger partial charge in [-0.3, -0.25) is 0 Å². The standard InChI is InChI=1S/C10H9F3N2/c1-2-8-14-7-5-3-4-6(9(7)15-8)10(11,12)13/h3-5H,2H2,1H3,(H,14,15). The summed E-state index contributed by atoms with van der Waals surface area (Å²) in [6.07, 6.45) is -3.75. The number of para-hydroxylation sites is 1. The van der Waals surface area contributed by atoms with Crippen LogP contribution >= 0.6 is 0 Å². The predicted molar refractivity (Wildman–Crippen MR) is 50.5 cm³/mol. The van der Waals surface area contributed by atoms with E-state index in [0.29, 0.717) is 17.8 Å². The number of aromatic nitrogens is 2. The fourth-order valence-corrected chi connectivity index (χ4v) is 1.49. The molecule has 0 aliphatic rings. The molecule has 5 heteroatoms. The Morgan fingerprint density at radius 1 is 1.33 bits per heavy atom. The molecule has 0 saturated heterocycles. The highest BCUT2D eigenvalue weighted by atomic mass is 19.4. The summed E-state index contributed by atoms with van der Waals surface area (Å²) in [5.41, 5.74) is -0.226. The lowest BCUT2D eigenvalue weighted by Gasteiger charge is -2.06. The number of aromatic amines is 1. The van der Waals surface area contributed by atoms with Crippen LogP contribution in [0, 0.1) is 0 Å². The van der Waals surface area contributed by atoms with Crippen LogP contribution in [0.5, 0.6) is 0 Å². The van der Waals surface area contributed by atoms with Crippen molar-refractivity contribution in [2.24, 2.45) is 0 Å². The molecule has 0 unspecified atom stereocenters. The minimum atomic E-state index is -4.34. The first kappa shape index (κ1) is 10.0. The van der Waals surface area contributed by atoms with Crippen molar-refractivity contribution >= 4 is 11.0 Å². The average molecular weight is 214 g/mol. The van der Waals surface area contributed by atoms with Crippen LogP contribution in [0.2, 0.25) is 0 Å². The highest BCUT2D eigenvalue weighted by Crippen LogP contribution is 2.33. The molecule has 0 aliphatic heterocycles. The van der Waals surface area contributed by atoms with Crippen LogP contribution in [0.1, 0.15) is 18.3 Å². The van der Waals surface area contributed by atoms with E-state index in [9.17, 15) is 13.2 Å². The van der Waals surface area contributed by atoms with Gasteiger partial charge in [0.2, 0.25) is 0 Å². The van der Waals surface area contributed by atoms with Crippen molar-refractivity contribution in [2.75, 3.05) is 0 Å². The van der Waals surface area contributed by atoms with Crippen molar-refractivity contribution < 1.29 is 13.2 Å². The van der Waals surface area contributed by atoms with Crippen LogP contribution < -0.4 is 0 Å². The maximum atomic E-state index is 12.6. The first-order chi connectivity index (χ1) is 7.02. The lowest BCUT2D eigenvalue weighted by Crippen LogP contribution is -2.05. The maximum Gasteiger partial charge on any atom is 0.418 e. The molecule has 2 aromatic rings. The molecule has 1 aromatic heterocycles. The highest BCUT2D eigenvalue weighted by Gasteiger charge is 2.33. The first-order valence-electron chi connectivity index (χ1n) is 4.57. The quantitative estimate of drug-likeness (QED) is 0.776. The number of hydrogen-bond donors (Lipinski definition) is 1. The number of nitrogens with zero attached hydrogens (tertiary/aromatic N) is 1. The second-order valence-corrected chi connectivity index (χ2v) is 3.23. The van der Waals surface area contributed by atoms with Gasteiger partial charge in [-0.15, -0.1) is 0 Å². The molecule has 0 bridgehead atoms. The third-order valence-electron chi connectivity index (χ3n) is 2.21. The van der Waals surface area contributed by atoms with Crippen molar-refractivity contribution in [1.29, 1.82) is 0 Å². The zero-order valence-electron chi connectivity index (χ0n) is 8.02. The van der Waals surface area contributed by atoms with Crippen molar-refractivity contribution in [3.05, 3.63) is 29.6 Å². The van der Waals surface area contributed by atoms with E-state index < -0.39 is 11.7 Å². The van der Waals surface area contributed by atoms with Crippen LogP contribution in [-0.4, -0.2) is 9.97 Å². The van der Waals surface area contributed by atoms with E-state index in [1.54, 1.807) is 6.07 Å². The molecule has 0 saturated carbocycles. The van der Waals surface area contributed by atoms with Crippen LogP contribution in [0.25, 0.3) is 11.0 Å². The molecule has 80 valence electrons. The summed E-state index contributed by atoms with van der Waals surface area (Å²) >= 11 is 0. The Bertz CT molecular complexity index is 485. The average Bonchev–Trinajstić information content (AvgIpc) is 2.57. The molecule has 1 N–H and O–H groups in total. The molecule has 0 atom stereocenters. The van der Waals surface area contributed by atoms with E-state index in [4.69, 9.17) is 0 Å². The summed E-state index contributed by atoms with van der Waals surface area (Å²) in [4.78, 5) is 6.74. The molecule has 2 rings (SSSR count). The summed E-state index contributed by atoms with van der Waals surface area (Å²) in [6.45, 7) is 1.84. The Labute approximate surface area is 84.1 Å². The van der Waals surface area contributed by atoms with E-state index in [1.807, 2.05) is 6.92 Å². The second kappa shape index (κ2) is 3.25. The number of fused-ring (bicyclic) bond motifs is 1. The normalized spacial score (nSPS) is 12.3. The van der Waals surface area contributed by atoms with Gasteiger partial charge in [-0.05, 0) is 12.1 Å². The Morgan fingerprint density at radius 3 is 2.67 bits per heavy atom. The Balaban J connectivity index is 2.70. The smallest absolute Gasteiger partial charge is 0.341 e. The molecule has 0 spiro atoms. The van der Waals surface area contributed by atoms with Gasteiger partial charge < -0.3 is 4.98 Å². The van der Waals surface area contributed by atoms with Crippen LogP contribution in [0.3, 0.4) is 0 Å². The van der Waals surface area contributed by atoms with Gasteiger partial charge in [0.1, 0.15) is 5.82 Å². The fraction of sp³-hybridized carbons (Fsp3) is 0.300. The van der Waals surface area contributed by atoms with E-state index in [-0.39, 0.29) is 5.52 Å². The lowest BCUT2D eigenvalue weighted by molar-refractivity contribution is -0.136. The third kappa shape index (κ3) is 1.69. The molecule has 1 heterocycles. The Morgan fingerprint density at radius 2 is 2.07 bits per heavy atom. The Hall–Kier alpha value is -1.52. The van der Waals surface area contributed by atoms with E-state index >= 15 is 0 Å². The molecule has 0 aliphatic carbocycles. The van der Waals surface area contributed by atoms with Crippen molar-refractivity contribution in [3.8, 4) is 0 Å². The summed E-state index contributed by atoms with van der Waals surface area (Å²) < 4.78 is 37.7. The number of imidazole rings is 1. The zero-order chi connectivity index (χ0) is 11.1. The Kier molecular flexibility index (Phi) is 2.17. The minimum absolute atomic E-state index is 0.0712. The van der Waals surface area contributed by atoms with Crippen LogP contribution in [-0.2, 0) is 12.6 Å². The molecular weight excluding hydrogens is 205 g/mol. The topological polar surface area (TPSA) is 28.7 Å². The monoisotopic (exact) mass is 214 g/mol. The highest BCUT2D eigenvalue weighted by molar-refractivity contribution is 5.79. The number of hydrogen-bond acceptors (Lipinski definition) is 1. The molecule has 2 nitrogen and oxygen atoms in total. The summed E-state index contributed by atoms with van der Waals surface area (Å²) in [7, 11) is 0. The van der Waals surface area contributed by atoms with Crippen LogP contribution in [0.4, 0.5) is 13.2 Å². The van der Waals surface area contributed by atoms with Gasteiger partial charge in [0, 0.05) is 6.42 Å². The van der Waals surface area contributed by atoms with Crippen molar-refractivity contribution in [1.82, 2.24) is 9.97 Å². The summed E-state index contributed by atoms with van der Waals surface area (Å²) in [6, 6.07) is 3.99. The zero-order valence-corrected chi connectivity index (χ0v) is 8.02. The number of rotatable bonds is 1. The number of benzene rings is 1. The molecular formula is C10H9F3N2. The van der Waals surface area contributed by atoms with Crippen molar-refractivity contribution in [3.63, 3.8) is 0 Å². The number of H-pyrrole nitrogens is 1.